The van der Waals surface area contributed by atoms with Crippen molar-refractivity contribution in [3.8, 4) is 5.75 Å². The highest BCUT2D eigenvalue weighted by Gasteiger charge is 2.32. The number of hydrogen-bond donors (Lipinski definition) is 1. The first-order valence-electron chi connectivity index (χ1n) is 8.97. The normalized spacial score (nSPS) is 21.2. The maximum atomic E-state index is 11.6. The van der Waals surface area contributed by atoms with Crippen LogP contribution in [0.5, 0.6) is 5.75 Å². The van der Waals surface area contributed by atoms with Gasteiger partial charge in [-0.2, -0.15) is 0 Å². The highest BCUT2D eigenvalue weighted by molar-refractivity contribution is 5.97. The van der Waals surface area contributed by atoms with Crippen molar-refractivity contribution in [1.29, 1.82) is 0 Å². The number of ketones is 1. The Balaban J connectivity index is 1.80. The predicted octanol–water partition coefficient (Wildman–Crippen LogP) is 3.39. The zero-order valence-corrected chi connectivity index (χ0v) is 15.9. The number of ether oxygens (including phenoxy) is 3. The van der Waals surface area contributed by atoms with E-state index in [2.05, 4.69) is 0 Å². The van der Waals surface area contributed by atoms with Crippen molar-refractivity contribution in [2.45, 2.75) is 58.3 Å². The molecule has 0 aliphatic carbocycles. The van der Waals surface area contributed by atoms with Crippen LogP contribution in [-0.4, -0.2) is 42.0 Å². The van der Waals surface area contributed by atoms with Crippen molar-refractivity contribution in [2.75, 3.05) is 13.2 Å². The summed E-state index contributed by atoms with van der Waals surface area (Å²) in [5, 5.41) is 9.23. The van der Waals surface area contributed by atoms with Crippen molar-refractivity contribution in [2.24, 2.45) is 5.92 Å². The second-order valence-corrected chi connectivity index (χ2v) is 7.23. The number of hydrogen-bond acceptors (Lipinski definition) is 5. The molecule has 1 aliphatic rings. The maximum absolute atomic E-state index is 11.6. The van der Waals surface area contributed by atoms with Gasteiger partial charge in [0.25, 0.3) is 0 Å². The van der Waals surface area contributed by atoms with Gasteiger partial charge in [-0.1, -0.05) is 19.1 Å². The van der Waals surface area contributed by atoms with Gasteiger partial charge in [0.2, 0.25) is 0 Å². The first-order valence-corrected chi connectivity index (χ1v) is 8.97. The maximum Gasteiger partial charge on any atom is 0.314 e. The number of carboxylic acids is 1. The van der Waals surface area contributed by atoms with Gasteiger partial charge in [-0.25, -0.2) is 0 Å². The molecular formula is C20H28O6. The molecule has 3 unspecified atom stereocenters. The van der Waals surface area contributed by atoms with Gasteiger partial charge >= 0.3 is 5.97 Å². The van der Waals surface area contributed by atoms with Crippen LogP contribution in [0.15, 0.2) is 24.3 Å². The molecule has 0 bridgehead atoms. The van der Waals surface area contributed by atoms with E-state index in [1.54, 1.807) is 6.92 Å². The van der Waals surface area contributed by atoms with Crippen LogP contribution in [0.2, 0.25) is 0 Å². The standard InChI is InChI=1S/C20H28O6/c1-13(18(14(2)21)19(22)23)15-7-9-16(10-8-15)24-11-5-6-17-12-25-20(3,4)26-17/h7-10,13,17-18H,5-6,11-12H2,1-4H3,(H,22,23). The average Bonchev–Trinajstić information content (AvgIpc) is 2.90. The quantitative estimate of drug-likeness (QED) is 0.534. The van der Waals surface area contributed by atoms with Crippen molar-refractivity contribution in [3.63, 3.8) is 0 Å². The molecule has 1 aliphatic heterocycles. The van der Waals surface area contributed by atoms with E-state index in [0.29, 0.717) is 13.2 Å². The molecule has 1 saturated heterocycles. The summed E-state index contributed by atoms with van der Waals surface area (Å²) >= 11 is 0. The lowest BCUT2D eigenvalue weighted by Gasteiger charge is -2.18. The fourth-order valence-corrected chi connectivity index (χ4v) is 3.21. The molecule has 3 atom stereocenters. The van der Waals surface area contributed by atoms with E-state index in [9.17, 15) is 14.7 Å². The minimum atomic E-state index is -1.09. The molecule has 1 aromatic rings. The van der Waals surface area contributed by atoms with Crippen molar-refractivity contribution in [3.05, 3.63) is 29.8 Å². The highest BCUT2D eigenvalue weighted by atomic mass is 16.7. The Bertz CT molecular complexity index is 608. The molecule has 0 saturated carbocycles. The van der Waals surface area contributed by atoms with E-state index in [1.807, 2.05) is 38.1 Å². The van der Waals surface area contributed by atoms with Gasteiger partial charge in [0.15, 0.2) is 5.79 Å². The molecule has 144 valence electrons. The smallest absolute Gasteiger partial charge is 0.314 e. The second kappa shape index (κ2) is 8.64. The largest absolute Gasteiger partial charge is 0.494 e. The summed E-state index contributed by atoms with van der Waals surface area (Å²) in [6.45, 7) is 8.06. The van der Waals surface area contributed by atoms with Crippen molar-refractivity contribution >= 4 is 11.8 Å². The van der Waals surface area contributed by atoms with Crippen molar-refractivity contribution < 1.29 is 28.9 Å². The van der Waals surface area contributed by atoms with Crippen LogP contribution in [0.3, 0.4) is 0 Å². The highest BCUT2D eigenvalue weighted by Crippen LogP contribution is 2.28. The third kappa shape index (κ3) is 5.54. The third-order valence-electron chi connectivity index (χ3n) is 4.62. The van der Waals surface area contributed by atoms with E-state index in [-0.39, 0.29) is 17.8 Å². The summed E-state index contributed by atoms with van der Waals surface area (Å²) in [6, 6.07) is 7.25. The lowest BCUT2D eigenvalue weighted by Crippen LogP contribution is -2.26. The third-order valence-corrected chi connectivity index (χ3v) is 4.62. The Labute approximate surface area is 154 Å². The molecule has 1 heterocycles. The number of carbonyl (C=O) groups is 2. The number of rotatable bonds is 9. The molecule has 0 spiro atoms. The summed E-state index contributed by atoms with van der Waals surface area (Å²) < 4.78 is 17.0. The molecule has 1 N–H and O–H groups in total. The molecule has 1 aromatic carbocycles. The van der Waals surface area contributed by atoms with Gasteiger partial charge in [0.1, 0.15) is 17.5 Å². The number of carbonyl (C=O) groups excluding carboxylic acids is 1. The van der Waals surface area contributed by atoms with E-state index in [4.69, 9.17) is 14.2 Å². The molecule has 0 radical (unpaired) electrons. The molecule has 2 rings (SSSR count). The van der Waals surface area contributed by atoms with Gasteiger partial charge in [0, 0.05) is 5.92 Å². The fourth-order valence-electron chi connectivity index (χ4n) is 3.21. The lowest BCUT2D eigenvalue weighted by atomic mass is 9.85. The molecular weight excluding hydrogens is 336 g/mol. The van der Waals surface area contributed by atoms with Crippen LogP contribution < -0.4 is 4.74 Å². The summed E-state index contributed by atoms with van der Waals surface area (Å²) in [6.07, 6.45) is 1.84. The Morgan fingerprint density at radius 1 is 1.31 bits per heavy atom. The molecule has 0 amide bonds. The minimum absolute atomic E-state index is 0.108. The summed E-state index contributed by atoms with van der Waals surface area (Å²) in [5.74, 6) is -2.62. The molecule has 1 fully saturated rings. The Hall–Kier alpha value is -1.92. The summed E-state index contributed by atoms with van der Waals surface area (Å²) in [4.78, 5) is 22.8. The zero-order valence-electron chi connectivity index (χ0n) is 15.9. The zero-order chi connectivity index (χ0) is 19.3. The first kappa shape index (κ1) is 20.4. The van der Waals surface area contributed by atoms with Crippen LogP contribution in [0, 0.1) is 5.92 Å². The predicted molar refractivity (Wildman–Crippen MR) is 96.3 cm³/mol. The van der Waals surface area contributed by atoms with Gasteiger partial charge in [-0.3, -0.25) is 9.59 Å². The Kier molecular flexibility index (Phi) is 6.78. The van der Waals surface area contributed by atoms with Crippen LogP contribution in [0.1, 0.15) is 52.0 Å². The Morgan fingerprint density at radius 3 is 2.46 bits per heavy atom. The van der Waals surface area contributed by atoms with Gasteiger partial charge < -0.3 is 19.3 Å². The topological polar surface area (TPSA) is 82.1 Å². The molecule has 26 heavy (non-hydrogen) atoms. The second-order valence-electron chi connectivity index (χ2n) is 7.23. The number of benzene rings is 1. The van der Waals surface area contributed by atoms with Crippen molar-refractivity contribution in [1.82, 2.24) is 0 Å². The van der Waals surface area contributed by atoms with Gasteiger partial charge in [0.05, 0.1) is 19.3 Å². The van der Waals surface area contributed by atoms with E-state index >= 15 is 0 Å². The Morgan fingerprint density at radius 2 is 1.96 bits per heavy atom. The summed E-state index contributed by atoms with van der Waals surface area (Å²) in [7, 11) is 0. The number of aliphatic carboxylic acids is 1. The van der Waals surface area contributed by atoms with Crippen LogP contribution in [0.4, 0.5) is 0 Å². The lowest BCUT2D eigenvalue weighted by molar-refractivity contribution is -0.146. The van der Waals surface area contributed by atoms with E-state index in [1.165, 1.54) is 6.92 Å². The first-order chi connectivity index (χ1) is 12.2. The molecule has 0 aromatic heterocycles. The molecule has 6 heteroatoms. The average molecular weight is 364 g/mol. The van der Waals surface area contributed by atoms with Crippen LogP contribution >= 0.6 is 0 Å². The van der Waals surface area contributed by atoms with E-state index in [0.717, 1.165) is 24.2 Å². The summed E-state index contributed by atoms with van der Waals surface area (Å²) in [5.41, 5.74) is 0.804. The van der Waals surface area contributed by atoms with E-state index < -0.39 is 17.7 Å². The molecule has 6 nitrogen and oxygen atoms in total. The van der Waals surface area contributed by atoms with Gasteiger partial charge in [-0.05, 0) is 51.3 Å². The number of carboxylic acid groups (broad SMARTS) is 1. The van der Waals surface area contributed by atoms with Crippen LogP contribution in [0.25, 0.3) is 0 Å². The number of Topliss-reactive ketones (excluding diaryl/α,β-unsaturated/α-hetero) is 1. The van der Waals surface area contributed by atoms with Gasteiger partial charge in [-0.15, -0.1) is 0 Å². The monoisotopic (exact) mass is 364 g/mol. The van der Waals surface area contributed by atoms with Crippen LogP contribution in [-0.2, 0) is 19.1 Å². The SMILES string of the molecule is CC(=O)C(C(=O)O)C(C)c1ccc(OCCCC2COC(C)(C)O2)cc1. The fraction of sp³-hybridized carbons (Fsp3) is 0.600. The minimum Gasteiger partial charge on any atom is -0.494 e.